The lowest BCUT2D eigenvalue weighted by atomic mass is 10.1. The predicted molar refractivity (Wildman–Crippen MR) is 146 cm³/mol. The summed E-state index contributed by atoms with van der Waals surface area (Å²) in [6.45, 7) is 7.16. The number of aryl methyl sites for hydroxylation is 1. The van der Waals surface area contributed by atoms with Gasteiger partial charge in [0, 0.05) is 0 Å². The lowest BCUT2D eigenvalue weighted by molar-refractivity contribution is -0.722. The van der Waals surface area contributed by atoms with Crippen LogP contribution >= 0.6 is 0 Å². The van der Waals surface area contributed by atoms with Crippen LogP contribution in [0.4, 0.5) is 0 Å². The Bertz CT molecular complexity index is 709. The monoisotopic (exact) mass is 469 g/mol. The molecule has 0 spiro atoms. The van der Waals surface area contributed by atoms with E-state index in [4.69, 9.17) is 4.74 Å². The van der Waals surface area contributed by atoms with Gasteiger partial charge in [-0.05, 0) is 31.4 Å². The smallest absolute Gasteiger partial charge is 0.290 e. The molecule has 2 aromatic rings. The van der Waals surface area contributed by atoms with Gasteiger partial charge in [0.05, 0.1) is 18.7 Å². The molecule has 3 heteroatoms. The van der Waals surface area contributed by atoms with Crippen LogP contribution in [0.25, 0.3) is 11.4 Å². The van der Waals surface area contributed by atoms with Gasteiger partial charge in [-0.25, -0.2) is 9.13 Å². The number of benzene rings is 1. The first-order valence-electron chi connectivity index (χ1n) is 14.6. The van der Waals surface area contributed by atoms with E-state index in [0.717, 1.165) is 13.2 Å². The molecule has 0 aliphatic carbocycles. The van der Waals surface area contributed by atoms with Crippen molar-refractivity contribution in [3.63, 3.8) is 0 Å². The molecule has 0 atom stereocenters. The molecule has 3 nitrogen and oxygen atoms in total. The molecule has 1 aromatic heterocycles. The summed E-state index contributed by atoms with van der Waals surface area (Å²) in [6.07, 6.45) is 27.5. The maximum atomic E-state index is 6.08. The van der Waals surface area contributed by atoms with Crippen molar-refractivity contribution in [1.82, 2.24) is 4.57 Å². The minimum atomic E-state index is 0.644. The first-order chi connectivity index (χ1) is 16.9. The summed E-state index contributed by atoms with van der Waals surface area (Å²) in [5, 5.41) is 0. The van der Waals surface area contributed by atoms with Crippen LogP contribution in [-0.2, 0) is 18.0 Å². The van der Waals surface area contributed by atoms with E-state index in [1.165, 1.54) is 121 Å². The number of aromatic nitrogens is 2. The Morgan fingerprint density at radius 3 is 1.76 bits per heavy atom. The van der Waals surface area contributed by atoms with Crippen LogP contribution < -0.4 is 4.57 Å². The van der Waals surface area contributed by atoms with Crippen molar-refractivity contribution in [3.05, 3.63) is 42.7 Å². The second kappa shape index (κ2) is 19.7. The molecule has 192 valence electrons. The molecule has 2 rings (SSSR count). The molecule has 0 saturated heterocycles. The van der Waals surface area contributed by atoms with Crippen molar-refractivity contribution in [3.8, 4) is 11.4 Å². The van der Waals surface area contributed by atoms with Crippen LogP contribution in [0.3, 0.4) is 0 Å². The molecular weight excluding hydrogens is 416 g/mol. The number of nitrogens with zero attached hydrogens (tertiary/aromatic N) is 2. The summed E-state index contributed by atoms with van der Waals surface area (Å²) in [4.78, 5) is 0. The number of unbranched alkanes of at least 4 members (excludes halogenated alkanes) is 15. The van der Waals surface area contributed by atoms with Crippen LogP contribution in [0.1, 0.15) is 123 Å². The Morgan fingerprint density at radius 2 is 1.18 bits per heavy atom. The number of rotatable bonds is 22. The van der Waals surface area contributed by atoms with Crippen LogP contribution in [0.5, 0.6) is 0 Å². The van der Waals surface area contributed by atoms with Gasteiger partial charge in [-0.15, -0.1) is 0 Å². The Balaban J connectivity index is 1.71. The lowest BCUT2D eigenvalue weighted by Gasteiger charge is -2.07. The molecule has 1 heterocycles. The summed E-state index contributed by atoms with van der Waals surface area (Å²) < 4.78 is 10.8. The third kappa shape index (κ3) is 12.2. The van der Waals surface area contributed by atoms with Gasteiger partial charge in [-0.3, -0.25) is 0 Å². The molecule has 0 aliphatic rings. The molecule has 0 aliphatic heterocycles. The molecule has 1 aromatic carbocycles. The van der Waals surface area contributed by atoms with Crippen molar-refractivity contribution in [2.75, 3.05) is 6.61 Å². The van der Waals surface area contributed by atoms with Gasteiger partial charge in [0.2, 0.25) is 0 Å². The van der Waals surface area contributed by atoms with Gasteiger partial charge in [-0.2, -0.15) is 0 Å². The van der Waals surface area contributed by atoms with Gasteiger partial charge in [0.15, 0.2) is 6.73 Å². The molecule has 0 N–H and O–H groups in total. The van der Waals surface area contributed by atoms with Gasteiger partial charge < -0.3 is 4.74 Å². The van der Waals surface area contributed by atoms with Gasteiger partial charge >= 0.3 is 0 Å². The van der Waals surface area contributed by atoms with Gasteiger partial charge in [0.1, 0.15) is 12.4 Å². The van der Waals surface area contributed by atoms with Gasteiger partial charge in [0.25, 0.3) is 5.82 Å². The van der Waals surface area contributed by atoms with Crippen molar-refractivity contribution < 1.29 is 9.30 Å². The quantitative estimate of drug-likeness (QED) is 0.124. The first-order valence-corrected chi connectivity index (χ1v) is 14.6. The van der Waals surface area contributed by atoms with Crippen LogP contribution in [0.2, 0.25) is 0 Å². The highest BCUT2D eigenvalue weighted by atomic mass is 16.5. The first kappa shape index (κ1) is 28.6. The Kier molecular flexibility index (Phi) is 16.6. The fourth-order valence-corrected chi connectivity index (χ4v) is 4.76. The number of hydrogen-bond acceptors (Lipinski definition) is 1. The van der Waals surface area contributed by atoms with E-state index in [0.29, 0.717) is 6.73 Å². The lowest BCUT2D eigenvalue weighted by Crippen LogP contribution is -2.36. The number of imidazole rings is 1. The van der Waals surface area contributed by atoms with E-state index in [2.05, 4.69) is 65.7 Å². The van der Waals surface area contributed by atoms with E-state index >= 15 is 0 Å². The van der Waals surface area contributed by atoms with Crippen molar-refractivity contribution in [2.45, 2.75) is 136 Å². The molecule has 0 bridgehead atoms. The zero-order chi connectivity index (χ0) is 24.1. The minimum Gasteiger partial charge on any atom is -0.342 e. The average Bonchev–Trinajstić information content (AvgIpc) is 3.27. The van der Waals surface area contributed by atoms with E-state index in [1.54, 1.807) is 0 Å². The molecule has 0 fully saturated rings. The van der Waals surface area contributed by atoms with Crippen LogP contribution in [-0.4, -0.2) is 11.2 Å². The maximum absolute atomic E-state index is 6.08. The van der Waals surface area contributed by atoms with E-state index in [1.807, 2.05) is 0 Å². The third-order valence-electron chi connectivity index (χ3n) is 6.88. The van der Waals surface area contributed by atoms with E-state index < -0.39 is 0 Å². The highest BCUT2D eigenvalue weighted by Gasteiger charge is 2.19. The largest absolute Gasteiger partial charge is 0.342 e. The predicted octanol–water partition coefficient (Wildman–Crippen LogP) is 9.09. The topological polar surface area (TPSA) is 18.0 Å². The number of hydrogen-bond donors (Lipinski definition) is 0. The van der Waals surface area contributed by atoms with E-state index in [-0.39, 0.29) is 0 Å². The minimum absolute atomic E-state index is 0.644. The summed E-state index contributed by atoms with van der Waals surface area (Å²) in [5.74, 6) is 1.27. The van der Waals surface area contributed by atoms with Crippen LogP contribution in [0.15, 0.2) is 42.7 Å². The standard InChI is InChI=1S/C31H53N2O/c1-3-5-7-9-11-12-13-14-16-21-25-32-26-27-33(31(32)30-23-19-18-20-24-30)29-34-28-22-17-15-10-8-6-4-2/h18-20,23-24,26-27H,3-17,21-22,25,28-29H2,1-2H3/q+1. The van der Waals surface area contributed by atoms with E-state index in [9.17, 15) is 0 Å². The van der Waals surface area contributed by atoms with Crippen molar-refractivity contribution >= 4 is 0 Å². The average molecular weight is 470 g/mol. The highest BCUT2D eigenvalue weighted by Crippen LogP contribution is 2.17. The fraction of sp³-hybridized carbons (Fsp3) is 0.710. The van der Waals surface area contributed by atoms with Crippen LogP contribution in [0, 0.1) is 0 Å². The third-order valence-corrected chi connectivity index (χ3v) is 6.88. The fourth-order valence-electron chi connectivity index (χ4n) is 4.76. The number of ether oxygens (including phenoxy) is 1. The zero-order valence-electron chi connectivity index (χ0n) is 22.5. The Hall–Kier alpha value is -1.61. The van der Waals surface area contributed by atoms with Gasteiger partial charge in [-0.1, -0.05) is 122 Å². The normalized spacial score (nSPS) is 11.4. The molecule has 0 saturated carbocycles. The summed E-state index contributed by atoms with van der Waals surface area (Å²) >= 11 is 0. The van der Waals surface area contributed by atoms with Crippen molar-refractivity contribution in [1.29, 1.82) is 0 Å². The SMILES string of the molecule is CCCCCCCCCCCCn1cc[n+](COCCCCCCCCC)c1-c1ccccc1. The highest BCUT2D eigenvalue weighted by molar-refractivity contribution is 5.52. The molecule has 0 radical (unpaired) electrons. The zero-order valence-corrected chi connectivity index (χ0v) is 22.5. The molecule has 0 unspecified atom stereocenters. The Labute approximate surface area is 210 Å². The second-order valence-corrected chi connectivity index (χ2v) is 9.99. The summed E-state index contributed by atoms with van der Waals surface area (Å²) in [7, 11) is 0. The summed E-state index contributed by atoms with van der Waals surface area (Å²) in [5.41, 5.74) is 1.28. The molecule has 34 heavy (non-hydrogen) atoms. The Morgan fingerprint density at radius 1 is 0.647 bits per heavy atom. The maximum Gasteiger partial charge on any atom is 0.290 e. The van der Waals surface area contributed by atoms with Crippen molar-refractivity contribution in [2.24, 2.45) is 0 Å². The molecular formula is C31H53N2O+. The second-order valence-electron chi connectivity index (χ2n) is 9.99. The molecule has 0 amide bonds. The summed E-state index contributed by atoms with van der Waals surface area (Å²) in [6, 6.07) is 10.8.